The van der Waals surface area contributed by atoms with Crippen molar-refractivity contribution in [3.8, 4) is 0 Å². The van der Waals surface area contributed by atoms with Crippen LogP contribution < -0.4 is 4.90 Å². The largest absolute Gasteiger partial charge is 0.481 e. The van der Waals surface area contributed by atoms with Gasteiger partial charge in [-0.3, -0.25) is 14.9 Å². The lowest BCUT2D eigenvalue weighted by Crippen LogP contribution is -2.21. The minimum atomic E-state index is -0.789. The lowest BCUT2D eigenvalue weighted by molar-refractivity contribution is -0.385. The first kappa shape index (κ1) is 13.3. The summed E-state index contributed by atoms with van der Waals surface area (Å²) in [5, 5.41) is 19.7. The molecule has 102 valence electrons. The number of hydrogen-bond donors (Lipinski definition) is 1. The predicted octanol–water partition coefficient (Wildman–Crippen LogP) is 2.20. The monoisotopic (exact) mass is 264 g/mol. The molecule has 1 atom stereocenters. The molecule has 0 saturated carbocycles. The third kappa shape index (κ3) is 2.83. The summed E-state index contributed by atoms with van der Waals surface area (Å²) < 4.78 is 0. The molecule has 0 aliphatic carbocycles. The molecule has 0 amide bonds. The van der Waals surface area contributed by atoms with E-state index in [9.17, 15) is 14.9 Å². The van der Waals surface area contributed by atoms with Gasteiger partial charge in [0.2, 0.25) is 0 Å². The Bertz CT molecular complexity index is 515. The predicted molar refractivity (Wildman–Crippen MR) is 70.4 cm³/mol. The van der Waals surface area contributed by atoms with Crippen LogP contribution in [0.4, 0.5) is 11.4 Å². The van der Waals surface area contributed by atoms with E-state index in [0.29, 0.717) is 12.1 Å². The molecular formula is C13H16N2O4. The van der Waals surface area contributed by atoms with Crippen molar-refractivity contribution in [2.75, 3.05) is 18.0 Å². The van der Waals surface area contributed by atoms with Crippen molar-refractivity contribution in [1.29, 1.82) is 0 Å². The van der Waals surface area contributed by atoms with E-state index < -0.39 is 5.97 Å². The summed E-state index contributed by atoms with van der Waals surface area (Å²) in [5.41, 5.74) is 1.59. The van der Waals surface area contributed by atoms with Crippen LogP contribution in [-0.2, 0) is 4.79 Å². The number of nitrogens with zero attached hydrogens (tertiary/aromatic N) is 2. The zero-order valence-electron chi connectivity index (χ0n) is 10.7. The molecule has 1 N–H and O–H groups in total. The number of carboxylic acids is 1. The third-order valence-electron chi connectivity index (χ3n) is 3.56. The average molecular weight is 264 g/mol. The van der Waals surface area contributed by atoms with Gasteiger partial charge in [-0.25, -0.2) is 0 Å². The number of rotatable bonds is 4. The quantitative estimate of drug-likeness (QED) is 0.665. The summed E-state index contributed by atoms with van der Waals surface area (Å²) in [7, 11) is 0. The van der Waals surface area contributed by atoms with E-state index in [-0.39, 0.29) is 22.9 Å². The van der Waals surface area contributed by atoms with Crippen molar-refractivity contribution < 1.29 is 14.8 Å². The zero-order chi connectivity index (χ0) is 14.0. The summed E-state index contributed by atoms with van der Waals surface area (Å²) in [6.45, 7) is 3.13. The second kappa shape index (κ2) is 5.26. The number of aliphatic carboxylic acids is 1. The SMILES string of the molecule is Cc1c(N2CCC(CC(=O)O)C2)cccc1[N+](=O)[O-]. The fraction of sp³-hybridized carbons (Fsp3) is 0.462. The van der Waals surface area contributed by atoms with E-state index in [1.54, 1.807) is 13.0 Å². The van der Waals surface area contributed by atoms with Gasteiger partial charge < -0.3 is 10.0 Å². The maximum absolute atomic E-state index is 10.9. The third-order valence-corrected chi connectivity index (χ3v) is 3.56. The number of benzene rings is 1. The molecule has 6 nitrogen and oxygen atoms in total. The molecule has 1 saturated heterocycles. The first-order chi connectivity index (χ1) is 8.99. The Labute approximate surface area is 110 Å². The molecule has 6 heteroatoms. The van der Waals surface area contributed by atoms with Gasteiger partial charge in [0, 0.05) is 31.3 Å². The van der Waals surface area contributed by atoms with Crippen LogP contribution in [0, 0.1) is 23.0 Å². The molecule has 1 aliphatic heterocycles. The molecular weight excluding hydrogens is 248 g/mol. The van der Waals surface area contributed by atoms with Crippen molar-refractivity contribution >= 4 is 17.3 Å². The van der Waals surface area contributed by atoms with E-state index >= 15 is 0 Å². The lowest BCUT2D eigenvalue weighted by atomic mass is 10.1. The normalized spacial score (nSPS) is 18.6. The second-order valence-corrected chi connectivity index (χ2v) is 4.88. The number of hydrogen-bond acceptors (Lipinski definition) is 4. The molecule has 2 rings (SSSR count). The van der Waals surface area contributed by atoms with E-state index in [1.807, 2.05) is 11.0 Å². The van der Waals surface area contributed by atoms with Crippen molar-refractivity contribution in [1.82, 2.24) is 0 Å². The Hall–Kier alpha value is -2.11. The molecule has 1 aromatic carbocycles. The minimum Gasteiger partial charge on any atom is -0.481 e. The summed E-state index contributed by atoms with van der Waals surface area (Å²) in [6.07, 6.45) is 0.971. The Balaban J connectivity index is 2.18. The van der Waals surface area contributed by atoms with Crippen LogP contribution >= 0.6 is 0 Å². The average Bonchev–Trinajstić information content (AvgIpc) is 2.76. The van der Waals surface area contributed by atoms with Gasteiger partial charge in [0.1, 0.15) is 0 Å². The summed E-state index contributed by atoms with van der Waals surface area (Å²) in [4.78, 5) is 23.3. The molecule has 1 fully saturated rings. The zero-order valence-corrected chi connectivity index (χ0v) is 10.7. The standard InChI is InChI=1S/C13H16N2O4/c1-9-11(3-2-4-12(9)15(18)19)14-6-5-10(8-14)7-13(16)17/h2-4,10H,5-8H2,1H3,(H,16,17). The fourth-order valence-corrected chi connectivity index (χ4v) is 2.62. The topological polar surface area (TPSA) is 83.7 Å². The van der Waals surface area contributed by atoms with E-state index in [0.717, 1.165) is 18.7 Å². The van der Waals surface area contributed by atoms with Crippen LogP contribution in [0.1, 0.15) is 18.4 Å². The highest BCUT2D eigenvalue weighted by Crippen LogP contribution is 2.32. The summed E-state index contributed by atoms with van der Waals surface area (Å²) >= 11 is 0. The highest BCUT2D eigenvalue weighted by atomic mass is 16.6. The van der Waals surface area contributed by atoms with Gasteiger partial charge in [0.15, 0.2) is 0 Å². The van der Waals surface area contributed by atoms with E-state index in [1.165, 1.54) is 6.07 Å². The van der Waals surface area contributed by atoms with E-state index in [2.05, 4.69) is 0 Å². The second-order valence-electron chi connectivity index (χ2n) is 4.88. The Morgan fingerprint density at radius 3 is 2.95 bits per heavy atom. The Morgan fingerprint density at radius 2 is 2.32 bits per heavy atom. The van der Waals surface area contributed by atoms with Gasteiger partial charge in [0.25, 0.3) is 5.69 Å². The van der Waals surface area contributed by atoms with Crippen molar-refractivity contribution in [2.24, 2.45) is 5.92 Å². The smallest absolute Gasteiger partial charge is 0.303 e. The van der Waals surface area contributed by atoms with Gasteiger partial charge >= 0.3 is 5.97 Å². The molecule has 0 bridgehead atoms. The number of anilines is 1. The maximum Gasteiger partial charge on any atom is 0.303 e. The summed E-state index contributed by atoms with van der Waals surface area (Å²) in [5.74, 6) is -0.668. The fourth-order valence-electron chi connectivity index (χ4n) is 2.62. The van der Waals surface area contributed by atoms with Crippen LogP contribution in [-0.4, -0.2) is 29.1 Å². The van der Waals surface area contributed by atoms with Crippen LogP contribution in [0.2, 0.25) is 0 Å². The van der Waals surface area contributed by atoms with Gasteiger partial charge in [-0.15, -0.1) is 0 Å². The minimum absolute atomic E-state index is 0.110. The van der Waals surface area contributed by atoms with Crippen LogP contribution in [0.5, 0.6) is 0 Å². The highest BCUT2D eigenvalue weighted by Gasteiger charge is 2.27. The maximum atomic E-state index is 10.9. The highest BCUT2D eigenvalue weighted by molar-refractivity contribution is 5.67. The van der Waals surface area contributed by atoms with Gasteiger partial charge in [-0.2, -0.15) is 0 Å². The van der Waals surface area contributed by atoms with E-state index in [4.69, 9.17) is 5.11 Å². The van der Waals surface area contributed by atoms with Crippen LogP contribution in [0.15, 0.2) is 18.2 Å². The number of carbonyl (C=O) groups is 1. The molecule has 0 aromatic heterocycles. The molecule has 1 aromatic rings. The van der Waals surface area contributed by atoms with Crippen molar-refractivity contribution in [3.05, 3.63) is 33.9 Å². The van der Waals surface area contributed by atoms with Gasteiger partial charge in [0.05, 0.1) is 10.5 Å². The van der Waals surface area contributed by atoms with Gasteiger partial charge in [-0.1, -0.05) is 6.07 Å². The molecule has 0 spiro atoms. The number of carboxylic acid groups (broad SMARTS) is 1. The van der Waals surface area contributed by atoms with Crippen LogP contribution in [0.3, 0.4) is 0 Å². The molecule has 1 unspecified atom stereocenters. The van der Waals surface area contributed by atoms with Crippen molar-refractivity contribution in [3.63, 3.8) is 0 Å². The molecule has 19 heavy (non-hydrogen) atoms. The number of nitro groups is 1. The molecule has 0 radical (unpaired) electrons. The first-order valence-corrected chi connectivity index (χ1v) is 6.19. The number of nitro benzene ring substituents is 1. The lowest BCUT2D eigenvalue weighted by Gasteiger charge is -2.20. The summed E-state index contributed by atoms with van der Waals surface area (Å²) in [6, 6.07) is 5.01. The Kier molecular flexibility index (Phi) is 3.69. The van der Waals surface area contributed by atoms with Crippen LogP contribution in [0.25, 0.3) is 0 Å². The molecule has 1 heterocycles. The molecule has 1 aliphatic rings. The van der Waals surface area contributed by atoms with Gasteiger partial charge in [-0.05, 0) is 25.3 Å². The first-order valence-electron chi connectivity index (χ1n) is 6.19. The van der Waals surface area contributed by atoms with Crippen molar-refractivity contribution in [2.45, 2.75) is 19.8 Å². The Morgan fingerprint density at radius 1 is 1.58 bits per heavy atom.